The summed E-state index contributed by atoms with van der Waals surface area (Å²) < 4.78 is 10.5. The molecule has 21 heavy (non-hydrogen) atoms. The van der Waals surface area contributed by atoms with Gasteiger partial charge in [0.15, 0.2) is 0 Å². The number of fused-ring (bicyclic) bond motifs is 1. The highest BCUT2D eigenvalue weighted by atomic mass is 16.5. The molecule has 0 heterocycles. The van der Waals surface area contributed by atoms with E-state index in [0.717, 1.165) is 37.9 Å². The molecule has 1 unspecified atom stereocenters. The van der Waals surface area contributed by atoms with E-state index in [0.29, 0.717) is 13.0 Å². The van der Waals surface area contributed by atoms with Crippen molar-refractivity contribution < 1.29 is 14.3 Å². The summed E-state index contributed by atoms with van der Waals surface area (Å²) >= 11 is 0. The molecule has 0 spiro atoms. The predicted octanol–water partition coefficient (Wildman–Crippen LogP) is 2.40. The van der Waals surface area contributed by atoms with Crippen LogP contribution in [0.25, 0.3) is 0 Å². The Hall–Kier alpha value is -1.55. The zero-order chi connectivity index (χ0) is 15.2. The first-order valence-electron chi connectivity index (χ1n) is 7.74. The third kappa shape index (κ3) is 3.97. The van der Waals surface area contributed by atoms with E-state index in [9.17, 15) is 4.79 Å². The Kier molecular flexibility index (Phi) is 5.62. The number of esters is 1. The number of unbranched alkanes of at least 4 members (excludes halogenated alkanes) is 1. The highest BCUT2D eigenvalue weighted by Crippen LogP contribution is 2.34. The standard InChI is InChI=1S/C17H25NO3/c1-3-21-16(19)7-5-4-6-12-8-9-13-10-14(18)11-15(13)17(12)20-2/h8-9,14H,3-7,10-11,18H2,1-2H3. The minimum absolute atomic E-state index is 0.107. The van der Waals surface area contributed by atoms with Gasteiger partial charge in [-0.15, -0.1) is 0 Å². The van der Waals surface area contributed by atoms with Crippen LogP contribution in [-0.2, 0) is 28.8 Å². The minimum Gasteiger partial charge on any atom is -0.496 e. The van der Waals surface area contributed by atoms with E-state index in [1.165, 1.54) is 16.7 Å². The van der Waals surface area contributed by atoms with Crippen molar-refractivity contribution in [1.29, 1.82) is 0 Å². The number of methoxy groups -OCH3 is 1. The monoisotopic (exact) mass is 291 g/mol. The van der Waals surface area contributed by atoms with Crippen LogP contribution in [-0.4, -0.2) is 25.7 Å². The van der Waals surface area contributed by atoms with E-state index < -0.39 is 0 Å². The van der Waals surface area contributed by atoms with Crippen molar-refractivity contribution in [3.63, 3.8) is 0 Å². The molecule has 4 nitrogen and oxygen atoms in total. The van der Waals surface area contributed by atoms with Gasteiger partial charge < -0.3 is 15.2 Å². The number of carbonyl (C=O) groups is 1. The summed E-state index contributed by atoms with van der Waals surface area (Å²) in [5.41, 5.74) is 9.84. The van der Waals surface area contributed by atoms with Gasteiger partial charge in [-0.05, 0) is 55.7 Å². The summed E-state index contributed by atoms with van der Waals surface area (Å²) in [6.45, 7) is 2.29. The third-order valence-electron chi connectivity index (χ3n) is 3.97. The fourth-order valence-corrected chi connectivity index (χ4v) is 3.02. The smallest absolute Gasteiger partial charge is 0.305 e. The maximum atomic E-state index is 11.3. The molecule has 1 aliphatic rings. The Morgan fingerprint density at radius 3 is 2.86 bits per heavy atom. The number of nitrogens with two attached hydrogens (primary N) is 1. The molecule has 1 atom stereocenters. The quantitative estimate of drug-likeness (QED) is 0.619. The molecule has 0 fully saturated rings. The number of aryl methyl sites for hydroxylation is 1. The van der Waals surface area contributed by atoms with Gasteiger partial charge in [0.1, 0.15) is 5.75 Å². The number of benzene rings is 1. The Labute approximate surface area is 126 Å². The minimum atomic E-state index is -0.107. The number of carbonyl (C=O) groups excluding carboxylic acids is 1. The molecule has 2 N–H and O–H groups in total. The maximum absolute atomic E-state index is 11.3. The number of rotatable bonds is 7. The van der Waals surface area contributed by atoms with Crippen LogP contribution in [0.2, 0.25) is 0 Å². The van der Waals surface area contributed by atoms with Crippen molar-refractivity contribution in [2.45, 2.75) is 51.5 Å². The summed E-state index contributed by atoms with van der Waals surface area (Å²) in [5, 5.41) is 0. The van der Waals surface area contributed by atoms with E-state index in [1.54, 1.807) is 7.11 Å². The van der Waals surface area contributed by atoms with Crippen molar-refractivity contribution in [1.82, 2.24) is 0 Å². The van der Waals surface area contributed by atoms with Crippen LogP contribution in [0, 0.1) is 0 Å². The van der Waals surface area contributed by atoms with Gasteiger partial charge in [0.05, 0.1) is 13.7 Å². The first-order valence-corrected chi connectivity index (χ1v) is 7.74. The van der Waals surface area contributed by atoms with Gasteiger partial charge in [-0.3, -0.25) is 4.79 Å². The largest absolute Gasteiger partial charge is 0.496 e. The van der Waals surface area contributed by atoms with E-state index >= 15 is 0 Å². The van der Waals surface area contributed by atoms with E-state index in [4.69, 9.17) is 15.2 Å². The first-order chi connectivity index (χ1) is 10.2. The maximum Gasteiger partial charge on any atom is 0.305 e. The lowest BCUT2D eigenvalue weighted by atomic mass is 10.00. The molecular formula is C17H25NO3. The zero-order valence-corrected chi connectivity index (χ0v) is 13.0. The molecule has 116 valence electrons. The van der Waals surface area contributed by atoms with Gasteiger partial charge in [-0.2, -0.15) is 0 Å². The molecule has 1 aromatic rings. The Morgan fingerprint density at radius 2 is 2.14 bits per heavy atom. The molecule has 0 saturated carbocycles. The van der Waals surface area contributed by atoms with Crippen molar-refractivity contribution in [2.75, 3.05) is 13.7 Å². The van der Waals surface area contributed by atoms with Gasteiger partial charge in [0.25, 0.3) is 0 Å². The Bertz CT molecular complexity index is 499. The van der Waals surface area contributed by atoms with Crippen LogP contribution < -0.4 is 10.5 Å². The molecule has 1 aliphatic carbocycles. The highest BCUT2D eigenvalue weighted by Gasteiger charge is 2.23. The van der Waals surface area contributed by atoms with Gasteiger partial charge in [0, 0.05) is 12.5 Å². The van der Waals surface area contributed by atoms with Gasteiger partial charge in [0.2, 0.25) is 0 Å². The fraction of sp³-hybridized carbons (Fsp3) is 0.588. The van der Waals surface area contributed by atoms with E-state index in [2.05, 4.69) is 12.1 Å². The van der Waals surface area contributed by atoms with E-state index in [1.807, 2.05) is 6.92 Å². The van der Waals surface area contributed by atoms with Crippen molar-refractivity contribution in [3.8, 4) is 5.75 Å². The highest BCUT2D eigenvalue weighted by molar-refractivity contribution is 5.69. The molecule has 2 rings (SSSR count). The van der Waals surface area contributed by atoms with Gasteiger partial charge in [-0.25, -0.2) is 0 Å². The summed E-state index contributed by atoms with van der Waals surface area (Å²) in [6, 6.07) is 4.53. The molecule has 0 aliphatic heterocycles. The molecule has 0 saturated heterocycles. The van der Waals surface area contributed by atoms with Crippen molar-refractivity contribution in [3.05, 3.63) is 28.8 Å². The van der Waals surface area contributed by atoms with Crippen molar-refractivity contribution >= 4 is 5.97 Å². The molecule has 0 radical (unpaired) electrons. The zero-order valence-electron chi connectivity index (χ0n) is 13.0. The van der Waals surface area contributed by atoms with Crippen LogP contribution in [0.1, 0.15) is 42.9 Å². The average molecular weight is 291 g/mol. The van der Waals surface area contributed by atoms with Crippen LogP contribution in [0.3, 0.4) is 0 Å². The first kappa shape index (κ1) is 15.8. The lowest BCUT2D eigenvalue weighted by molar-refractivity contribution is -0.143. The second-order valence-corrected chi connectivity index (χ2v) is 5.58. The second kappa shape index (κ2) is 7.46. The van der Waals surface area contributed by atoms with E-state index in [-0.39, 0.29) is 12.0 Å². The van der Waals surface area contributed by atoms with Gasteiger partial charge in [-0.1, -0.05) is 12.1 Å². The summed E-state index contributed by atoms with van der Waals surface area (Å²) in [6.07, 6.45) is 5.06. The number of ether oxygens (including phenoxy) is 2. The lowest BCUT2D eigenvalue weighted by Crippen LogP contribution is -2.19. The molecular weight excluding hydrogens is 266 g/mol. The topological polar surface area (TPSA) is 61.5 Å². The Morgan fingerprint density at radius 1 is 1.33 bits per heavy atom. The van der Waals surface area contributed by atoms with Crippen LogP contribution >= 0.6 is 0 Å². The molecule has 0 bridgehead atoms. The number of hydrogen-bond donors (Lipinski definition) is 1. The normalized spacial score (nSPS) is 16.6. The average Bonchev–Trinajstić information content (AvgIpc) is 2.83. The lowest BCUT2D eigenvalue weighted by Gasteiger charge is -2.13. The number of hydrogen-bond acceptors (Lipinski definition) is 4. The Balaban J connectivity index is 1.92. The third-order valence-corrected chi connectivity index (χ3v) is 3.97. The van der Waals surface area contributed by atoms with Crippen molar-refractivity contribution in [2.24, 2.45) is 5.73 Å². The van der Waals surface area contributed by atoms with Crippen LogP contribution in [0.15, 0.2) is 12.1 Å². The predicted molar refractivity (Wildman–Crippen MR) is 82.6 cm³/mol. The summed E-state index contributed by atoms with van der Waals surface area (Å²) in [7, 11) is 1.72. The SMILES string of the molecule is CCOC(=O)CCCCc1ccc2c(c1OC)CC(N)C2. The molecule has 0 amide bonds. The fourth-order valence-electron chi connectivity index (χ4n) is 3.02. The van der Waals surface area contributed by atoms with Crippen LogP contribution in [0.4, 0.5) is 0 Å². The molecule has 1 aromatic carbocycles. The summed E-state index contributed by atoms with van der Waals surface area (Å²) in [4.78, 5) is 11.3. The molecule has 0 aromatic heterocycles. The second-order valence-electron chi connectivity index (χ2n) is 5.58. The summed E-state index contributed by atoms with van der Waals surface area (Å²) in [5.74, 6) is 0.890. The molecule has 4 heteroatoms. The van der Waals surface area contributed by atoms with Crippen LogP contribution in [0.5, 0.6) is 5.75 Å². The van der Waals surface area contributed by atoms with Gasteiger partial charge >= 0.3 is 5.97 Å².